The number of ether oxygens (including phenoxy) is 1. The number of aryl methyl sites for hydroxylation is 1. The highest BCUT2D eigenvalue weighted by atomic mass is 19.4. The van der Waals surface area contributed by atoms with Crippen LogP contribution in [-0.4, -0.2) is 17.9 Å². The van der Waals surface area contributed by atoms with Crippen LogP contribution in [0.4, 0.5) is 13.2 Å². The van der Waals surface area contributed by atoms with E-state index in [1.165, 1.54) is 13.0 Å². The summed E-state index contributed by atoms with van der Waals surface area (Å²) in [6.07, 6.45) is -5.24. The van der Waals surface area contributed by atoms with Crippen molar-refractivity contribution in [3.05, 3.63) is 28.8 Å². The van der Waals surface area contributed by atoms with E-state index in [1.54, 1.807) is 13.8 Å². The van der Waals surface area contributed by atoms with Crippen molar-refractivity contribution in [2.75, 3.05) is 6.61 Å². The van der Waals surface area contributed by atoms with Crippen molar-refractivity contribution in [3.8, 4) is 5.75 Å². The lowest BCUT2D eigenvalue weighted by molar-refractivity contribution is -0.268. The maximum Gasteiger partial charge on any atom is 0.421 e. The number of alkyl halides is 3. The second-order valence-corrected chi connectivity index (χ2v) is 6.58. The van der Waals surface area contributed by atoms with Gasteiger partial charge in [-0.3, -0.25) is 0 Å². The molecule has 0 spiro atoms. The number of benzene rings is 1. The predicted molar refractivity (Wildman–Crippen MR) is 81.3 cm³/mol. The third-order valence-electron chi connectivity index (χ3n) is 3.76. The Bertz CT molecular complexity index is 530. The molecule has 0 aliphatic rings. The first-order valence-corrected chi connectivity index (χ1v) is 7.46. The van der Waals surface area contributed by atoms with Crippen LogP contribution in [0.15, 0.2) is 12.1 Å². The van der Waals surface area contributed by atoms with Crippen molar-refractivity contribution in [2.45, 2.75) is 65.2 Å². The van der Waals surface area contributed by atoms with Gasteiger partial charge in [0.15, 0.2) is 5.60 Å². The highest BCUT2D eigenvalue weighted by molar-refractivity contribution is 5.51. The Labute approximate surface area is 130 Å². The number of hydrogen-bond acceptors (Lipinski definition) is 2. The normalized spacial score (nSPS) is 15.5. The second kappa shape index (κ2) is 6.11. The van der Waals surface area contributed by atoms with Gasteiger partial charge < -0.3 is 9.84 Å². The van der Waals surface area contributed by atoms with E-state index in [4.69, 9.17) is 4.74 Å². The minimum absolute atomic E-state index is 0.141. The molecule has 0 aromatic heterocycles. The summed E-state index contributed by atoms with van der Waals surface area (Å²) in [4.78, 5) is 0. The van der Waals surface area contributed by atoms with E-state index in [-0.39, 0.29) is 17.9 Å². The molecule has 126 valence electrons. The van der Waals surface area contributed by atoms with E-state index in [1.807, 2.05) is 26.8 Å². The molecule has 1 N–H and O–H groups in total. The molecule has 0 aliphatic carbocycles. The standard InChI is InChI=1S/C17H25F3O2/c1-7-16(21,17(18,19)20)13-10-11(3)9-12(15(4,5)6)14(13)22-8-2/h9-10,21H,7-8H2,1-6H3. The summed E-state index contributed by atoms with van der Waals surface area (Å²) in [5.41, 5.74) is -2.18. The second-order valence-electron chi connectivity index (χ2n) is 6.58. The fourth-order valence-corrected chi connectivity index (χ4v) is 2.48. The van der Waals surface area contributed by atoms with Crippen molar-refractivity contribution in [3.63, 3.8) is 0 Å². The molecule has 0 aliphatic heterocycles. The molecule has 22 heavy (non-hydrogen) atoms. The van der Waals surface area contributed by atoms with Gasteiger partial charge in [-0.2, -0.15) is 13.2 Å². The van der Waals surface area contributed by atoms with Gasteiger partial charge in [-0.15, -0.1) is 0 Å². The minimum atomic E-state index is -4.77. The Morgan fingerprint density at radius 2 is 1.55 bits per heavy atom. The van der Waals surface area contributed by atoms with Crippen LogP contribution in [-0.2, 0) is 11.0 Å². The lowest BCUT2D eigenvalue weighted by Crippen LogP contribution is -2.42. The zero-order chi connectivity index (χ0) is 17.3. The Kier molecular flexibility index (Phi) is 5.22. The molecule has 0 fully saturated rings. The Morgan fingerprint density at radius 1 is 1.05 bits per heavy atom. The van der Waals surface area contributed by atoms with Gasteiger partial charge in [-0.1, -0.05) is 39.3 Å². The quantitative estimate of drug-likeness (QED) is 0.860. The summed E-state index contributed by atoms with van der Waals surface area (Å²) in [6, 6.07) is 3.19. The number of hydrogen-bond donors (Lipinski definition) is 1. The molecule has 0 saturated heterocycles. The van der Waals surface area contributed by atoms with Gasteiger partial charge in [0.25, 0.3) is 0 Å². The smallest absolute Gasteiger partial charge is 0.421 e. The fraction of sp³-hybridized carbons (Fsp3) is 0.647. The molecule has 0 amide bonds. The fourth-order valence-electron chi connectivity index (χ4n) is 2.48. The number of aliphatic hydroxyl groups is 1. The molecule has 1 rings (SSSR count). The molecule has 1 aromatic rings. The van der Waals surface area contributed by atoms with Crippen molar-refractivity contribution in [1.82, 2.24) is 0 Å². The SMILES string of the molecule is CCOc1c(C(C)(C)C)cc(C)cc1C(O)(CC)C(F)(F)F. The summed E-state index contributed by atoms with van der Waals surface area (Å²) in [7, 11) is 0. The molecule has 1 aromatic carbocycles. The number of halogens is 3. The minimum Gasteiger partial charge on any atom is -0.493 e. The van der Waals surface area contributed by atoms with Crippen molar-refractivity contribution in [2.24, 2.45) is 0 Å². The lowest BCUT2D eigenvalue weighted by Gasteiger charge is -2.34. The van der Waals surface area contributed by atoms with Gasteiger partial charge in [-0.25, -0.2) is 0 Å². The first-order valence-electron chi connectivity index (χ1n) is 7.46. The van der Waals surface area contributed by atoms with E-state index in [2.05, 4.69) is 0 Å². The molecule has 1 atom stereocenters. The summed E-state index contributed by atoms with van der Waals surface area (Å²) < 4.78 is 45.9. The van der Waals surface area contributed by atoms with Crippen molar-refractivity contribution < 1.29 is 23.0 Å². The van der Waals surface area contributed by atoms with Crippen molar-refractivity contribution in [1.29, 1.82) is 0 Å². The average molecular weight is 318 g/mol. The van der Waals surface area contributed by atoms with Crippen LogP contribution < -0.4 is 4.74 Å². The largest absolute Gasteiger partial charge is 0.493 e. The maximum atomic E-state index is 13.5. The molecule has 1 unspecified atom stereocenters. The maximum absolute atomic E-state index is 13.5. The van der Waals surface area contributed by atoms with Crippen LogP contribution in [0.3, 0.4) is 0 Å². The van der Waals surface area contributed by atoms with Gasteiger partial charge in [-0.05, 0) is 31.7 Å². The van der Waals surface area contributed by atoms with Gasteiger partial charge in [0.05, 0.1) is 6.61 Å². The van der Waals surface area contributed by atoms with E-state index < -0.39 is 23.6 Å². The average Bonchev–Trinajstić information content (AvgIpc) is 2.37. The van der Waals surface area contributed by atoms with E-state index in [9.17, 15) is 18.3 Å². The predicted octanol–water partition coefficient (Wildman–Crippen LogP) is 4.85. The molecule has 5 heteroatoms. The van der Waals surface area contributed by atoms with Gasteiger partial charge in [0.2, 0.25) is 0 Å². The van der Waals surface area contributed by atoms with Crippen LogP contribution >= 0.6 is 0 Å². The molecule has 2 nitrogen and oxygen atoms in total. The molecule has 0 heterocycles. The van der Waals surface area contributed by atoms with E-state index in [0.717, 1.165) is 0 Å². The topological polar surface area (TPSA) is 29.5 Å². The zero-order valence-electron chi connectivity index (χ0n) is 14.1. The third-order valence-corrected chi connectivity index (χ3v) is 3.76. The van der Waals surface area contributed by atoms with Crippen LogP contribution in [0.25, 0.3) is 0 Å². The van der Waals surface area contributed by atoms with E-state index >= 15 is 0 Å². The molecule has 0 bridgehead atoms. The summed E-state index contributed by atoms with van der Waals surface area (Å²) >= 11 is 0. The third kappa shape index (κ3) is 3.40. The Morgan fingerprint density at radius 3 is 1.91 bits per heavy atom. The summed E-state index contributed by atoms with van der Waals surface area (Å²) in [5.74, 6) is 0.141. The van der Waals surface area contributed by atoms with Crippen LogP contribution in [0.1, 0.15) is 57.7 Å². The first-order chi connectivity index (χ1) is 9.88. The Hall–Kier alpha value is -1.23. The van der Waals surface area contributed by atoms with Gasteiger partial charge >= 0.3 is 6.18 Å². The Balaban J connectivity index is 3.76. The molecule has 0 radical (unpaired) electrons. The monoisotopic (exact) mass is 318 g/mol. The molecular weight excluding hydrogens is 293 g/mol. The van der Waals surface area contributed by atoms with Crippen LogP contribution in [0, 0.1) is 6.92 Å². The number of rotatable bonds is 4. The van der Waals surface area contributed by atoms with Crippen LogP contribution in [0.2, 0.25) is 0 Å². The lowest BCUT2D eigenvalue weighted by atomic mass is 9.80. The van der Waals surface area contributed by atoms with Gasteiger partial charge in [0.1, 0.15) is 5.75 Å². The summed E-state index contributed by atoms with van der Waals surface area (Å²) in [6.45, 7) is 10.7. The zero-order valence-corrected chi connectivity index (χ0v) is 14.1. The van der Waals surface area contributed by atoms with Gasteiger partial charge in [0, 0.05) is 11.1 Å². The van der Waals surface area contributed by atoms with E-state index in [0.29, 0.717) is 11.1 Å². The molecule has 0 saturated carbocycles. The molecular formula is C17H25F3O2. The summed E-state index contributed by atoms with van der Waals surface area (Å²) in [5, 5.41) is 10.3. The first kappa shape index (κ1) is 18.8. The van der Waals surface area contributed by atoms with Crippen molar-refractivity contribution >= 4 is 0 Å². The highest BCUT2D eigenvalue weighted by Gasteiger charge is 2.55. The van der Waals surface area contributed by atoms with Crippen LogP contribution in [0.5, 0.6) is 5.75 Å². The highest BCUT2D eigenvalue weighted by Crippen LogP contribution is 2.48.